The van der Waals surface area contributed by atoms with Gasteiger partial charge in [0.15, 0.2) is 6.61 Å². The number of hydrogen-bond acceptors (Lipinski definition) is 3. The Morgan fingerprint density at radius 2 is 2.04 bits per heavy atom. The molecule has 1 atom stereocenters. The van der Waals surface area contributed by atoms with Crippen molar-refractivity contribution in [3.63, 3.8) is 0 Å². The van der Waals surface area contributed by atoms with Crippen molar-refractivity contribution >= 4 is 16.9 Å². The van der Waals surface area contributed by atoms with E-state index in [0.717, 1.165) is 16.9 Å². The number of nitrogens with zero attached hydrogens (tertiary/aromatic N) is 1. The number of imidazole rings is 1. The summed E-state index contributed by atoms with van der Waals surface area (Å²) in [5.41, 5.74) is 3.04. The van der Waals surface area contributed by atoms with Crippen LogP contribution in [0.1, 0.15) is 24.4 Å². The maximum atomic E-state index is 12.0. The second-order valence-electron chi connectivity index (χ2n) is 5.53. The van der Waals surface area contributed by atoms with Crippen LogP contribution in [0.25, 0.3) is 11.0 Å². The average molecular weight is 309 g/mol. The topological polar surface area (TPSA) is 67.0 Å². The Morgan fingerprint density at radius 1 is 1.26 bits per heavy atom. The molecule has 0 fully saturated rings. The van der Waals surface area contributed by atoms with E-state index in [1.807, 2.05) is 62.4 Å². The Morgan fingerprint density at radius 3 is 2.83 bits per heavy atom. The lowest BCUT2D eigenvalue weighted by atomic mass is 10.2. The summed E-state index contributed by atoms with van der Waals surface area (Å²) in [6, 6.07) is 15.1. The van der Waals surface area contributed by atoms with Gasteiger partial charge in [-0.15, -0.1) is 0 Å². The smallest absolute Gasteiger partial charge is 0.258 e. The number of nitrogens with one attached hydrogen (secondary N) is 2. The molecule has 1 amide bonds. The zero-order chi connectivity index (χ0) is 16.2. The third-order valence-electron chi connectivity index (χ3n) is 3.56. The summed E-state index contributed by atoms with van der Waals surface area (Å²) >= 11 is 0. The van der Waals surface area contributed by atoms with Gasteiger partial charge >= 0.3 is 0 Å². The summed E-state index contributed by atoms with van der Waals surface area (Å²) in [5.74, 6) is 1.23. The molecule has 23 heavy (non-hydrogen) atoms. The standard InChI is InChI=1S/C18H19N3O2/c1-12-8-9-15-16(10-12)21-18(20-15)13(2)19-17(22)11-23-14-6-4-3-5-7-14/h3-10,13H,11H2,1-2H3,(H,19,22)(H,20,21). The van der Waals surface area contributed by atoms with Crippen LogP contribution in [0.15, 0.2) is 48.5 Å². The monoisotopic (exact) mass is 309 g/mol. The van der Waals surface area contributed by atoms with Gasteiger partial charge in [0.2, 0.25) is 0 Å². The molecule has 1 heterocycles. The number of aromatic nitrogens is 2. The number of fused-ring (bicyclic) bond motifs is 1. The summed E-state index contributed by atoms with van der Waals surface area (Å²) in [6.45, 7) is 3.91. The highest BCUT2D eigenvalue weighted by molar-refractivity contribution is 5.79. The van der Waals surface area contributed by atoms with Crippen molar-refractivity contribution in [1.82, 2.24) is 15.3 Å². The van der Waals surface area contributed by atoms with Gasteiger partial charge in [-0.3, -0.25) is 4.79 Å². The third kappa shape index (κ3) is 3.69. The molecular weight excluding hydrogens is 290 g/mol. The first-order valence-electron chi connectivity index (χ1n) is 7.55. The van der Waals surface area contributed by atoms with Crippen molar-refractivity contribution in [3.05, 3.63) is 59.9 Å². The van der Waals surface area contributed by atoms with Gasteiger partial charge in [0.1, 0.15) is 11.6 Å². The van der Waals surface area contributed by atoms with Gasteiger partial charge in [-0.25, -0.2) is 4.98 Å². The molecule has 0 aliphatic rings. The molecule has 0 radical (unpaired) electrons. The third-order valence-corrected chi connectivity index (χ3v) is 3.56. The molecule has 2 aromatic carbocycles. The van der Waals surface area contributed by atoms with Gasteiger partial charge in [0.25, 0.3) is 5.91 Å². The number of ether oxygens (including phenoxy) is 1. The normalized spacial score (nSPS) is 12.1. The van der Waals surface area contributed by atoms with Crippen molar-refractivity contribution < 1.29 is 9.53 Å². The fourth-order valence-electron chi connectivity index (χ4n) is 2.37. The molecule has 118 valence electrons. The summed E-state index contributed by atoms with van der Waals surface area (Å²) in [4.78, 5) is 19.8. The number of carbonyl (C=O) groups is 1. The molecule has 0 saturated carbocycles. The highest BCUT2D eigenvalue weighted by Gasteiger charge is 2.14. The molecule has 0 aliphatic carbocycles. The molecule has 0 bridgehead atoms. The van der Waals surface area contributed by atoms with Gasteiger partial charge < -0.3 is 15.0 Å². The van der Waals surface area contributed by atoms with E-state index in [9.17, 15) is 4.79 Å². The maximum Gasteiger partial charge on any atom is 0.258 e. The average Bonchev–Trinajstić information content (AvgIpc) is 2.97. The van der Waals surface area contributed by atoms with Gasteiger partial charge in [0, 0.05) is 0 Å². The second kappa shape index (κ2) is 6.52. The van der Waals surface area contributed by atoms with E-state index in [-0.39, 0.29) is 18.6 Å². The van der Waals surface area contributed by atoms with E-state index in [0.29, 0.717) is 5.75 Å². The Hall–Kier alpha value is -2.82. The van der Waals surface area contributed by atoms with Gasteiger partial charge in [-0.05, 0) is 43.7 Å². The minimum atomic E-state index is -0.213. The molecule has 3 rings (SSSR count). The lowest BCUT2D eigenvalue weighted by molar-refractivity contribution is -0.123. The number of carbonyl (C=O) groups excluding carboxylic acids is 1. The number of benzene rings is 2. The van der Waals surface area contributed by atoms with Crippen LogP contribution in [0.3, 0.4) is 0 Å². The summed E-state index contributed by atoms with van der Waals surface area (Å²) in [6.07, 6.45) is 0. The number of hydrogen-bond donors (Lipinski definition) is 2. The van der Waals surface area contributed by atoms with Crippen LogP contribution in [0.5, 0.6) is 5.75 Å². The number of H-pyrrole nitrogens is 1. The molecule has 0 saturated heterocycles. The molecule has 2 N–H and O–H groups in total. The SMILES string of the molecule is Cc1ccc2nc(C(C)NC(=O)COc3ccccc3)[nH]c2c1. The second-order valence-corrected chi connectivity index (χ2v) is 5.53. The van der Waals surface area contributed by atoms with Gasteiger partial charge in [-0.2, -0.15) is 0 Å². The molecular formula is C18H19N3O2. The Balaban J connectivity index is 1.61. The molecule has 5 heteroatoms. The van der Waals surface area contributed by atoms with Crippen LogP contribution in [-0.4, -0.2) is 22.5 Å². The molecule has 3 aromatic rings. The number of para-hydroxylation sites is 1. The van der Waals surface area contributed by atoms with Crippen LogP contribution >= 0.6 is 0 Å². The fraction of sp³-hybridized carbons (Fsp3) is 0.222. The molecule has 1 unspecified atom stereocenters. The summed E-state index contributed by atoms with van der Waals surface area (Å²) in [5, 5.41) is 2.88. The molecule has 1 aromatic heterocycles. The molecule has 0 aliphatic heterocycles. The van der Waals surface area contributed by atoms with Gasteiger partial charge in [-0.1, -0.05) is 24.3 Å². The minimum Gasteiger partial charge on any atom is -0.484 e. The zero-order valence-electron chi connectivity index (χ0n) is 13.2. The number of aromatic amines is 1. The summed E-state index contributed by atoms with van der Waals surface area (Å²) < 4.78 is 5.44. The van der Waals surface area contributed by atoms with Crippen LogP contribution < -0.4 is 10.1 Å². The fourth-order valence-corrected chi connectivity index (χ4v) is 2.37. The first-order chi connectivity index (χ1) is 11.1. The predicted molar refractivity (Wildman–Crippen MR) is 89.3 cm³/mol. The van der Waals surface area contributed by atoms with Crippen molar-refractivity contribution in [2.45, 2.75) is 19.9 Å². The van der Waals surface area contributed by atoms with Crippen LogP contribution in [-0.2, 0) is 4.79 Å². The van der Waals surface area contributed by atoms with Crippen molar-refractivity contribution in [1.29, 1.82) is 0 Å². The number of rotatable bonds is 5. The van der Waals surface area contributed by atoms with E-state index in [1.54, 1.807) is 0 Å². The minimum absolute atomic E-state index is 0.0201. The zero-order valence-corrected chi connectivity index (χ0v) is 13.2. The Kier molecular flexibility index (Phi) is 4.28. The first-order valence-corrected chi connectivity index (χ1v) is 7.55. The molecule has 0 spiro atoms. The molecule has 5 nitrogen and oxygen atoms in total. The van der Waals surface area contributed by atoms with E-state index in [4.69, 9.17) is 4.74 Å². The highest BCUT2D eigenvalue weighted by Crippen LogP contribution is 2.17. The van der Waals surface area contributed by atoms with Crippen LogP contribution in [0.4, 0.5) is 0 Å². The highest BCUT2D eigenvalue weighted by atomic mass is 16.5. The predicted octanol–water partition coefficient (Wildman–Crippen LogP) is 3.13. The Labute approximate surface area is 134 Å². The van der Waals surface area contributed by atoms with E-state index in [1.165, 1.54) is 5.56 Å². The number of aryl methyl sites for hydroxylation is 1. The first kappa shape index (κ1) is 15.1. The lowest BCUT2D eigenvalue weighted by Gasteiger charge is -2.12. The van der Waals surface area contributed by atoms with Crippen molar-refractivity contribution in [2.24, 2.45) is 0 Å². The van der Waals surface area contributed by atoms with Crippen molar-refractivity contribution in [2.75, 3.05) is 6.61 Å². The lowest BCUT2D eigenvalue weighted by Crippen LogP contribution is -2.31. The number of amides is 1. The van der Waals surface area contributed by atoms with E-state index in [2.05, 4.69) is 15.3 Å². The largest absolute Gasteiger partial charge is 0.484 e. The summed E-state index contributed by atoms with van der Waals surface area (Å²) in [7, 11) is 0. The van der Waals surface area contributed by atoms with E-state index >= 15 is 0 Å². The van der Waals surface area contributed by atoms with E-state index < -0.39 is 0 Å². The van der Waals surface area contributed by atoms with Crippen LogP contribution in [0.2, 0.25) is 0 Å². The maximum absolute atomic E-state index is 12.0. The Bertz CT molecular complexity index is 812. The van der Waals surface area contributed by atoms with Gasteiger partial charge in [0.05, 0.1) is 17.1 Å². The quantitative estimate of drug-likeness (QED) is 0.761. The van der Waals surface area contributed by atoms with Crippen LogP contribution in [0, 0.1) is 6.92 Å². The van der Waals surface area contributed by atoms with Crippen molar-refractivity contribution in [3.8, 4) is 5.75 Å².